The number of hydrogen-bond donors (Lipinski definition) is 1. The molecule has 0 spiro atoms. The quantitative estimate of drug-likeness (QED) is 0.500. The molecule has 1 aromatic heterocycles. The number of allylic oxidation sites excluding steroid dienone is 1. The van der Waals surface area contributed by atoms with E-state index < -0.39 is 0 Å². The molecule has 1 aromatic carbocycles. The van der Waals surface area contributed by atoms with E-state index in [0.29, 0.717) is 11.4 Å². The van der Waals surface area contributed by atoms with Crippen LogP contribution < -0.4 is 10.3 Å². The molecule has 2 rings (SSSR count). The number of rotatable bonds is 6. The summed E-state index contributed by atoms with van der Waals surface area (Å²) in [6.07, 6.45) is 3.19. The molecule has 22 heavy (non-hydrogen) atoms. The third-order valence-corrected chi connectivity index (χ3v) is 4.18. The highest BCUT2D eigenvalue weighted by Gasteiger charge is 2.10. The molecule has 1 amide bonds. The Balaban J connectivity index is 1.98. The minimum Gasteiger partial charge on any atom is -0.285 e. The van der Waals surface area contributed by atoms with E-state index in [1.165, 1.54) is 10.8 Å². The molecule has 114 valence electrons. The maximum absolute atomic E-state index is 11.7. The summed E-state index contributed by atoms with van der Waals surface area (Å²) in [7, 11) is 0. The molecule has 0 radical (unpaired) electrons. The molecule has 5 nitrogen and oxygen atoms in total. The second kappa shape index (κ2) is 7.72. The highest BCUT2D eigenvalue weighted by atomic mass is 35.5. The number of carbonyl (C=O) groups excluding carboxylic acids is 1. The number of nitrogens with one attached hydrogen (secondary N) is 1. The van der Waals surface area contributed by atoms with Crippen molar-refractivity contribution < 1.29 is 4.79 Å². The predicted molar refractivity (Wildman–Crippen MR) is 89.7 cm³/mol. The van der Waals surface area contributed by atoms with Gasteiger partial charge in [-0.05, 0) is 5.56 Å². The molecule has 1 N–H and O–H groups in total. The van der Waals surface area contributed by atoms with Crippen LogP contribution in [0.1, 0.15) is 10.4 Å². The first-order valence-corrected chi connectivity index (χ1v) is 7.67. The van der Waals surface area contributed by atoms with Crippen molar-refractivity contribution in [2.24, 2.45) is 5.10 Å². The zero-order chi connectivity index (χ0) is 15.9. The number of carbonyl (C=O) groups is 1. The summed E-state index contributed by atoms with van der Waals surface area (Å²) in [5, 5.41) is 4.12. The van der Waals surface area contributed by atoms with E-state index in [1.807, 2.05) is 30.3 Å². The van der Waals surface area contributed by atoms with Gasteiger partial charge in [0, 0.05) is 6.54 Å². The van der Waals surface area contributed by atoms with E-state index in [1.54, 1.807) is 6.08 Å². The Labute approximate surface area is 136 Å². The Morgan fingerprint density at radius 3 is 2.82 bits per heavy atom. The van der Waals surface area contributed by atoms with Gasteiger partial charge in [0.2, 0.25) is 5.91 Å². The van der Waals surface area contributed by atoms with Crippen LogP contribution in [0.5, 0.6) is 0 Å². The van der Waals surface area contributed by atoms with Crippen LogP contribution in [0.25, 0.3) is 0 Å². The van der Waals surface area contributed by atoms with E-state index in [-0.39, 0.29) is 22.4 Å². The maximum atomic E-state index is 11.7. The van der Waals surface area contributed by atoms with Crippen LogP contribution in [-0.4, -0.2) is 16.7 Å². The Hall–Kier alpha value is -2.18. The predicted octanol–water partition coefficient (Wildman–Crippen LogP) is 2.44. The van der Waals surface area contributed by atoms with Crippen LogP contribution >= 0.6 is 22.9 Å². The summed E-state index contributed by atoms with van der Waals surface area (Å²) < 4.78 is 1.38. The fourth-order valence-corrected chi connectivity index (χ4v) is 2.88. The van der Waals surface area contributed by atoms with Crippen molar-refractivity contribution in [1.82, 2.24) is 9.99 Å². The Morgan fingerprint density at radius 1 is 1.41 bits per heavy atom. The highest BCUT2D eigenvalue weighted by Crippen LogP contribution is 2.16. The fraction of sp³-hybridized carbons (Fsp3) is 0.133. The number of halogens is 1. The van der Waals surface area contributed by atoms with Gasteiger partial charge in [-0.3, -0.25) is 14.2 Å². The molecule has 0 aliphatic heterocycles. The van der Waals surface area contributed by atoms with Crippen LogP contribution in [0.2, 0.25) is 5.15 Å². The van der Waals surface area contributed by atoms with Gasteiger partial charge in [-0.15, -0.1) is 6.58 Å². The lowest BCUT2D eigenvalue weighted by atomic mass is 10.1. The molecule has 1 heterocycles. The third kappa shape index (κ3) is 4.16. The molecule has 7 heteroatoms. The zero-order valence-electron chi connectivity index (χ0n) is 11.7. The monoisotopic (exact) mass is 335 g/mol. The van der Waals surface area contributed by atoms with Gasteiger partial charge in [-0.2, -0.15) is 5.10 Å². The van der Waals surface area contributed by atoms with Crippen molar-refractivity contribution in [3.63, 3.8) is 0 Å². The lowest BCUT2D eigenvalue weighted by Gasteiger charge is -2.00. The van der Waals surface area contributed by atoms with Crippen molar-refractivity contribution >= 4 is 35.1 Å². The van der Waals surface area contributed by atoms with E-state index in [0.717, 1.165) is 16.9 Å². The fourth-order valence-electron chi connectivity index (χ4n) is 1.75. The molecule has 0 saturated carbocycles. The average molecular weight is 336 g/mol. The van der Waals surface area contributed by atoms with Crippen LogP contribution in [0.4, 0.5) is 0 Å². The third-order valence-electron chi connectivity index (χ3n) is 2.75. The van der Waals surface area contributed by atoms with Crippen molar-refractivity contribution in [3.8, 4) is 0 Å². The molecular formula is C15H14ClN3O2S. The van der Waals surface area contributed by atoms with E-state index in [2.05, 4.69) is 17.1 Å². The number of hydrogen-bond acceptors (Lipinski definition) is 4. The van der Waals surface area contributed by atoms with Crippen molar-refractivity contribution in [2.75, 3.05) is 0 Å². The van der Waals surface area contributed by atoms with Gasteiger partial charge < -0.3 is 0 Å². The zero-order valence-corrected chi connectivity index (χ0v) is 13.2. The van der Waals surface area contributed by atoms with Gasteiger partial charge in [-0.1, -0.05) is 59.3 Å². The molecule has 0 aliphatic rings. The van der Waals surface area contributed by atoms with Crippen LogP contribution in [0.3, 0.4) is 0 Å². The summed E-state index contributed by atoms with van der Waals surface area (Å²) in [6.45, 7) is 3.90. The summed E-state index contributed by atoms with van der Waals surface area (Å²) >= 11 is 7.04. The SMILES string of the molecule is C=CCn1c(Cl)c(C=NNC(=O)Cc2ccccc2)sc1=O. The number of thiazole rings is 1. The van der Waals surface area contributed by atoms with Gasteiger partial charge in [0.1, 0.15) is 5.15 Å². The van der Waals surface area contributed by atoms with Gasteiger partial charge >= 0.3 is 4.87 Å². The average Bonchev–Trinajstić information content (AvgIpc) is 2.76. The standard InChI is InChI=1S/C15H14ClN3O2S/c1-2-8-19-14(16)12(22-15(19)21)10-17-18-13(20)9-11-6-4-3-5-7-11/h2-7,10H,1,8-9H2,(H,18,20). The van der Waals surface area contributed by atoms with E-state index >= 15 is 0 Å². The molecule has 0 unspecified atom stereocenters. The number of hydrazone groups is 1. The molecule has 0 bridgehead atoms. The largest absolute Gasteiger partial charge is 0.309 e. The van der Waals surface area contributed by atoms with E-state index in [4.69, 9.17) is 11.6 Å². The van der Waals surface area contributed by atoms with Crippen molar-refractivity contribution in [1.29, 1.82) is 0 Å². The Kier molecular flexibility index (Phi) is 5.68. The Morgan fingerprint density at radius 2 is 2.14 bits per heavy atom. The van der Waals surface area contributed by atoms with Gasteiger partial charge in [0.05, 0.1) is 17.5 Å². The molecule has 0 fully saturated rings. The number of amides is 1. The number of benzene rings is 1. The molecule has 0 saturated heterocycles. The lowest BCUT2D eigenvalue weighted by Crippen LogP contribution is -2.19. The Bertz CT molecular complexity index is 750. The summed E-state index contributed by atoms with van der Waals surface area (Å²) in [5.41, 5.74) is 3.31. The molecule has 0 atom stereocenters. The smallest absolute Gasteiger partial charge is 0.285 e. The van der Waals surface area contributed by atoms with Crippen molar-refractivity contribution in [3.05, 3.63) is 68.2 Å². The van der Waals surface area contributed by atoms with Gasteiger partial charge in [-0.25, -0.2) is 5.43 Å². The second-order valence-electron chi connectivity index (χ2n) is 4.38. The second-order valence-corrected chi connectivity index (χ2v) is 5.73. The first kappa shape index (κ1) is 16.2. The van der Waals surface area contributed by atoms with Crippen LogP contribution in [0, 0.1) is 0 Å². The lowest BCUT2D eigenvalue weighted by molar-refractivity contribution is -0.120. The normalized spacial score (nSPS) is 10.8. The minimum absolute atomic E-state index is 0.193. The highest BCUT2D eigenvalue weighted by molar-refractivity contribution is 7.11. The molecule has 0 aliphatic carbocycles. The topological polar surface area (TPSA) is 63.5 Å². The summed E-state index contributed by atoms with van der Waals surface area (Å²) in [4.78, 5) is 23.7. The maximum Gasteiger partial charge on any atom is 0.309 e. The first-order chi connectivity index (χ1) is 10.6. The van der Waals surface area contributed by atoms with Crippen molar-refractivity contribution in [2.45, 2.75) is 13.0 Å². The molecule has 2 aromatic rings. The number of aromatic nitrogens is 1. The van der Waals surface area contributed by atoms with Crippen LogP contribution in [0.15, 0.2) is 52.9 Å². The minimum atomic E-state index is -0.239. The summed E-state index contributed by atoms with van der Waals surface area (Å²) in [5.74, 6) is -0.239. The number of nitrogens with zero attached hydrogens (tertiary/aromatic N) is 2. The molecular weight excluding hydrogens is 322 g/mol. The van der Waals surface area contributed by atoms with Gasteiger partial charge in [0.15, 0.2) is 0 Å². The van der Waals surface area contributed by atoms with E-state index in [9.17, 15) is 9.59 Å². The summed E-state index contributed by atoms with van der Waals surface area (Å²) in [6, 6.07) is 9.34. The first-order valence-electron chi connectivity index (χ1n) is 6.47. The van der Waals surface area contributed by atoms with Gasteiger partial charge in [0.25, 0.3) is 0 Å². The van der Waals surface area contributed by atoms with Crippen LogP contribution in [-0.2, 0) is 17.8 Å².